The van der Waals surface area contributed by atoms with Gasteiger partial charge in [-0.1, -0.05) is 30.3 Å². The molecule has 0 unspecified atom stereocenters. The zero-order chi connectivity index (χ0) is 9.97. The Hall–Kier alpha value is -1.18. The van der Waals surface area contributed by atoms with Gasteiger partial charge in [-0.2, -0.15) is 5.26 Å². The SMILES string of the molecule is N#Cc1nc(-c2ccccc2)sc1Br. The van der Waals surface area contributed by atoms with Gasteiger partial charge in [-0.05, 0) is 15.9 Å². The lowest BCUT2D eigenvalue weighted by Crippen LogP contribution is -1.76. The highest BCUT2D eigenvalue weighted by molar-refractivity contribution is 9.11. The van der Waals surface area contributed by atoms with Crippen LogP contribution in [0.25, 0.3) is 10.6 Å². The third-order valence-electron chi connectivity index (χ3n) is 1.71. The number of aromatic nitrogens is 1. The van der Waals surface area contributed by atoms with Crippen molar-refractivity contribution in [2.45, 2.75) is 0 Å². The van der Waals surface area contributed by atoms with Crippen LogP contribution in [-0.2, 0) is 0 Å². The summed E-state index contributed by atoms with van der Waals surface area (Å²) in [6.07, 6.45) is 0. The zero-order valence-electron chi connectivity index (χ0n) is 7.07. The summed E-state index contributed by atoms with van der Waals surface area (Å²) in [5.74, 6) is 0. The summed E-state index contributed by atoms with van der Waals surface area (Å²) in [6.45, 7) is 0. The van der Waals surface area contributed by atoms with Crippen LogP contribution in [0.15, 0.2) is 34.1 Å². The molecule has 1 aromatic heterocycles. The second-order valence-electron chi connectivity index (χ2n) is 2.62. The van der Waals surface area contributed by atoms with E-state index < -0.39 is 0 Å². The second kappa shape index (κ2) is 3.91. The summed E-state index contributed by atoms with van der Waals surface area (Å²) in [6, 6.07) is 11.9. The predicted molar refractivity (Wildman–Crippen MR) is 60.0 cm³/mol. The van der Waals surface area contributed by atoms with Crippen LogP contribution in [0, 0.1) is 11.3 Å². The molecule has 68 valence electrons. The molecule has 0 fully saturated rings. The van der Waals surface area contributed by atoms with Crippen molar-refractivity contribution in [3.63, 3.8) is 0 Å². The van der Waals surface area contributed by atoms with E-state index in [1.807, 2.05) is 36.4 Å². The minimum absolute atomic E-state index is 0.453. The van der Waals surface area contributed by atoms with Gasteiger partial charge in [0, 0.05) is 5.56 Å². The van der Waals surface area contributed by atoms with E-state index in [1.54, 1.807) is 0 Å². The molecular formula is C10H5BrN2S. The van der Waals surface area contributed by atoms with Crippen molar-refractivity contribution in [2.75, 3.05) is 0 Å². The predicted octanol–water partition coefficient (Wildman–Crippen LogP) is 3.44. The summed E-state index contributed by atoms with van der Waals surface area (Å²) in [5, 5.41) is 9.61. The summed E-state index contributed by atoms with van der Waals surface area (Å²) < 4.78 is 0.791. The van der Waals surface area contributed by atoms with Gasteiger partial charge in [0.15, 0.2) is 5.69 Å². The molecule has 0 saturated heterocycles. The third kappa shape index (κ3) is 1.69. The van der Waals surface area contributed by atoms with Gasteiger partial charge in [-0.15, -0.1) is 11.3 Å². The van der Waals surface area contributed by atoms with Crippen LogP contribution in [0.3, 0.4) is 0 Å². The van der Waals surface area contributed by atoms with Crippen LogP contribution in [0.5, 0.6) is 0 Å². The first-order chi connectivity index (χ1) is 6.81. The monoisotopic (exact) mass is 264 g/mol. The Kier molecular flexibility index (Phi) is 2.62. The molecule has 2 rings (SSSR count). The lowest BCUT2D eigenvalue weighted by molar-refractivity contribution is 1.32. The van der Waals surface area contributed by atoms with Gasteiger partial charge in [-0.3, -0.25) is 0 Å². The average molecular weight is 265 g/mol. The van der Waals surface area contributed by atoms with Crippen LogP contribution in [0.4, 0.5) is 0 Å². The number of nitriles is 1. The van der Waals surface area contributed by atoms with E-state index in [0.717, 1.165) is 14.4 Å². The Bertz CT molecular complexity index is 485. The van der Waals surface area contributed by atoms with Crippen LogP contribution in [-0.4, -0.2) is 4.98 Å². The van der Waals surface area contributed by atoms with Gasteiger partial charge in [0.05, 0.1) is 0 Å². The first kappa shape index (κ1) is 9.38. The lowest BCUT2D eigenvalue weighted by atomic mass is 10.2. The van der Waals surface area contributed by atoms with Crippen LogP contribution < -0.4 is 0 Å². The Morgan fingerprint density at radius 3 is 2.57 bits per heavy atom. The van der Waals surface area contributed by atoms with Gasteiger partial charge in [0.25, 0.3) is 0 Å². The molecule has 0 atom stereocenters. The van der Waals surface area contributed by atoms with E-state index in [-0.39, 0.29) is 0 Å². The number of thiazole rings is 1. The largest absolute Gasteiger partial charge is 0.224 e. The topological polar surface area (TPSA) is 36.7 Å². The molecule has 0 aliphatic heterocycles. The Labute approximate surface area is 94.0 Å². The van der Waals surface area contributed by atoms with Gasteiger partial charge in [-0.25, -0.2) is 4.98 Å². The van der Waals surface area contributed by atoms with Crippen LogP contribution >= 0.6 is 27.3 Å². The molecule has 0 bridgehead atoms. The van der Waals surface area contributed by atoms with E-state index in [9.17, 15) is 0 Å². The minimum atomic E-state index is 0.453. The average Bonchev–Trinajstić information content (AvgIpc) is 2.61. The van der Waals surface area contributed by atoms with Crippen molar-refractivity contribution in [1.29, 1.82) is 5.26 Å². The number of hydrogen-bond acceptors (Lipinski definition) is 3. The quantitative estimate of drug-likeness (QED) is 0.791. The maximum absolute atomic E-state index is 8.74. The van der Waals surface area contributed by atoms with Crippen molar-refractivity contribution >= 4 is 27.3 Å². The highest BCUT2D eigenvalue weighted by atomic mass is 79.9. The van der Waals surface area contributed by atoms with Crippen LogP contribution in [0.1, 0.15) is 5.69 Å². The Morgan fingerprint density at radius 1 is 1.29 bits per heavy atom. The molecule has 0 saturated carbocycles. The van der Waals surface area contributed by atoms with E-state index >= 15 is 0 Å². The van der Waals surface area contributed by atoms with E-state index in [4.69, 9.17) is 5.26 Å². The Balaban J connectivity index is 2.50. The molecule has 1 heterocycles. The molecule has 2 aromatic rings. The summed E-state index contributed by atoms with van der Waals surface area (Å²) in [5.41, 5.74) is 1.49. The van der Waals surface area contributed by atoms with Gasteiger partial charge >= 0.3 is 0 Å². The number of nitrogens with zero attached hydrogens (tertiary/aromatic N) is 2. The number of halogens is 1. The van der Waals surface area contributed by atoms with Gasteiger partial charge in [0.2, 0.25) is 0 Å². The fourth-order valence-electron chi connectivity index (χ4n) is 1.07. The van der Waals surface area contributed by atoms with Crippen molar-refractivity contribution in [3.05, 3.63) is 39.8 Å². The molecule has 0 aliphatic rings. The van der Waals surface area contributed by atoms with E-state index in [1.165, 1.54) is 11.3 Å². The van der Waals surface area contributed by atoms with Crippen molar-refractivity contribution < 1.29 is 0 Å². The molecule has 2 nitrogen and oxygen atoms in total. The number of rotatable bonds is 1. The molecule has 0 radical (unpaired) electrons. The second-order valence-corrected chi connectivity index (χ2v) is 4.94. The molecule has 1 aromatic carbocycles. The molecule has 0 amide bonds. The van der Waals surface area contributed by atoms with Crippen molar-refractivity contribution in [2.24, 2.45) is 0 Å². The maximum atomic E-state index is 8.74. The number of hydrogen-bond donors (Lipinski definition) is 0. The number of benzene rings is 1. The lowest BCUT2D eigenvalue weighted by Gasteiger charge is -1.92. The van der Waals surface area contributed by atoms with Crippen molar-refractivity contribution in [1.82, 2.24) is 4.98 Å². The molecule has 4 heteroatoms. The Morgan fingerprint density at radius 2 is 2.00 bits per heavy atom. The fourth-order valence-corrected chi connectivity index (χ4v) is 2.46. The van der Waals surface area contributed by atoms with Crippen molar-refractivity contribution in [3.8, 4) is 16.6 Å². The molecule has 0 spiro atoms. The minimum Gasteiger partial charge on any atom is -0.224 e. The first-order valence-electron chi connectivity index (χ1n) is 3.93. The van der Waals surface area contributed by atoms with Gasteiger partial charge in [0.1, 0.15) is 14.9 Å². The molecule has 0 aliphatic carbocycles. The molecule has 14 heavy (non-hydrogen) atoms. The van der Waals surface area contributed by atoms with Crippen LogP contribution in [0.2, 0.25) is 0 Å². The highest BCUT2D eigenvalue weighted by Crippen LogP contribution is 2.31. The van der Waals surface area contributed by atoms with E-state index in [2.05, 4.69) is 20.9 Å². The summed E-state index contributed by atoms with van der Waals surface area (Å²) in [4.78, 5) is 4.21. The highest BCUT2D eigenvalue weighted by Gasteiger charge is 2.08. The molecule has 0 N–H and O–H groups in total. The third-order valence-corrected chi connectivity index (χ3v) is 3.47. The standard InChI is InChI=1S/C10H5BrN2S/c11-9-8(6-12)13-10(14-9)7-4-2-1-3-5-7/h1-5H. The maximum Gasteiger partial charge on any atom is 0.166 e. The first-order valence-corrected chi connectivity index (χ1v) is 5.54. The molecular weight excluding hydrogens is 260 g/mol. The zero-order valence-corrected chi connectivity index (χ0v) is 9.47. The summed E-state index contributed by atoms with van der Waals surface area (Å²) >= 11 is 4.78. The van der Waals surface area contributed by atoms with Gasteiger partial charge < -0.3 is 0 Å². The smallest absolute Gasteiger partial charge is 0.166 e. The van der Waals surface area contributed by atoms with E-state index in [0.29, 0.717) is 5.69 Å². The summed E-state index contributed by atoms with van der Waals surface area (Å²) in [7, 11) is 0. The normalized spacial score (nSPS) is 9.71. The fraction of sp³-hybridized carbons (Fsp3) is 0.